The smallest absolute Gasteiger partial charge is 0.0726 e. The lowest BCUT2D eigenvalue weighted by Gasteiger charge is -2.36. The maximum atomic E-state index is 2.62. The molecule has 0 bridgehead atoms. The largest absolute Gasteiger partial charge is 0.310 e. The molecular formula is C69H47N. The molecule has 0 saturated carbocycles. The maximum Gasteiger partial charge on any atom is 0.0726 e. The van der Waals surface area contributed by atoms with Gasteiger partial charge in [-0.3, -0.25) is 0 Å². The first-order valence-electron chi connectivity index (χ1n) is 24.8. The second-order valence-electron chi connectivity index (χ2n) is 20.2. The summed E-state index contributed by atoms with van der Waals surface area (Å²) in [7, 11) is 0. The molecule has 11 aromatic carbocycles. The predicted octanol–water partition coefficient (Wildman–Crippen LogP) is 17.3. The van der Waals surface area contributed by atoms with E-state index in [0.717, 1.165) is 11.4 Å². The summed E-state index contributed by atoms with van der Waals surface area (Å²) in [5, 5.41) is 2.55. The van der Waals surface area contributed by atoms with Crippen LogP contribution in [0.5, 0.6) is 0 Å². The van der Waals surface area contributed by atoms with Gasteiger partial charge in [0.2, 0.25) is 0 Å². The third-order valence-electron chi connectivity index (χ3n) is 16.7. The molecule has 0 aliphatic heterocycles. The summed E-state index contributed by atoms with van der Waals surface area (Å²) in [4.78, 5) is 2.62. The number of anilines is 3. The Morgan fingerprint density at radius 2 is 0.686 bits per heavy atom. The van der Waals surface area contributed by atoms with Crippen LogP contribution < -0.4 is 4.90 Å². The van der Waals surface area contributed by atoms with Gasteiger partial charge in [-0.25, -0.2) is 0 Å². The van der Waals surface area contributed by atoms with Gasteiger partial charge in [0.1, 0.15) is 0 Å². The normalized spacial score (nSPS) is 15.1. The lowest BCUT2D eigenvalue weighted by molar-refractivity contribution is 0.666. The molecule has 1 spiro atoms. The highest BCUT2D eigenvalue weighted by molar-refractivity contribution is 6.07. The van der Waals surface area contributed by atoms with E-state index in [1.165, 1.54) is 117 Å². The monoisotopic (exact) mass is 889 g/mol. The van der Waals surface area contributed by atoms with Crippen molar-refractivity contribution in [3.63, 3.8) is 0 Å². The molecule has 4 aliphatic carbocycles. The van der Waals surface area contributed by atoms with Gasteiger partial charge in [0.25, 0.3) is 0 Å². The number of hydrogen-bond donors (Lipinski definition) is 0. The predicted molar refractivity (Wildman–Crippen MR) is 290 cm³/mol. The molecule has 0 aromatic heterocycles. The van der Waals surface area contributed by atoms with Crippen LogP contribution in [0.3, 0.4) is 0 Å². The molecule has 0 unspecified atom stereocenters. The molecule has 1 heteroatoms. The van der Waals surface area contributed by atoms with Crippen molar-refractivity contribution >= 4 is 27.8 Å². The van der Waals surface area contributed by atoms with Gasteiger partial charge in [0.05, 0.1) is 16.5 Å². The Balaban J connectivity index is 1.07. The Hall–Kier alpha value is -8.52. The molecule has 0 amide bonds. The van der Waals surface area contributed by atoms with Crippen LogP contribution in [0.25, 0.3) is 55.3 Å². The summed E-state index contributed by atoms with van der Waals surface area (Å²) in [6.45, 7) is 4.84. The zero-order valence-electron chi connectivity index (χ0n) is 39.1. The molecule has 0 atom stereocenters. The van der Waals surface area contributed by atoms with E-state index < -0.39 is 10.8 Å². The zero-order chi connectivity index (χ0) is 46.3. The van der Waals surface area contributed by atoms with Gasteiger partial charge in [0.15, 0.2) is 0 Å². The maximum absolute atomic E-state index is 2.62. The van der Waals surface area contributed by atoms with Gasteiger partial charge in [-0.1, -0.05) is 232 Å². The number of rotatable bonds is 5. The molecule has 4 aliphatic rings. The molecular weight excluding hydrogens is 843 g/mol. The van der Waals surface area contributed by atoms with Crippen molar-refractivity contribution < 1.29 is 0 Å². The lowest BCUT2D eigenvalue weighted by Crippen LogP contribution is -2.28. The van der Waals surface area contributed by atoms with Crippen LogP contribution in [-0.4, -0.2) is 0 Å². The number of nitrogens with zero attached hydrogens (tertiary/aromatic N) is 1. The summed E-state index contributed by atoms with van der Waals surface area (Å²) in [5.41, 5.74) is 25.7. The van der Waals surface area contributed by atoms with Crippen LogP contribution >= 0.6 is 0 Å². The van der Waals surface area contributed by atoms with Crippen LogP contribution in [0, 0.1) is 0 Å². The van der Waals surface area contributed by atoms with Gasteiger partial charge in [-0.15, -0.1) is 0 Å². The number of benzene rings is 11. The molecule has 0 fully saturated rings. The summed E-state index contributed by atoms with van der Waals surface area (Å²) in [6.07, 6.45) is 0. The van der Waals surface area contributed by atoms with Crippen molar-refractivity contribution in [1.82, 2.24) is 0 Å². The summed E-state index contributed by atoms with van der Waals surface area (Å²) >= 11 is 0. The first-order valence-corrected chi connectivity index (χ1v) is 24.8. The highest BCUT2D eigenvalue weighted by atomic mass is 15.1. The lowest BCUT2D eigenvalue weighted by atomic mass is 9.67. The van der Waals surface area contributed by atoms with Crippen LogP contribution in [0.4, 0.5) is 17.1 Å². The van der Waals surface area contributed by atoms with Crippen molar-refractivity contribution in [2.75, 3.05) is 4.90 Å². The SMILES string of the molecule is CC1(C)c2ccccc2-c2c(N(c3ccc4c(c3)C(c3ccccc3)(c3ccccc3)c3ccccc3-4)c3ccc4c(c3)C3(c5ccccc5-c5ccccc53)c3ccccc3-4)cc3ccccc3c21. The fraction of sp³-hybridized carbons (Fsp3) is 0.0725. The van der Waals surface area contributed by atoms with E-state index in [0.29, 0.717) is 0 Å². The summed E-state index contributed by atoms with van der Waals surface area (Å²) in [5.74, 6) is 0. The fourth-order valence-corrected chi connectivity index (χ4v) is 14.0. The minimum absolute atomic E-state index is 0.233. The Morgan fingerprint density at radius 1 is 0.300 bits per heavy atom. The fourth-order valence-electron chi connectivity index (χ4n) is 14.0. The van der Waals surface area contributed by atoms with E-state index in [-0.39, 0.29) is 5.41 Å². The average Bonchev–Trinajstić information content (AvgIpc) is 4.08. The third-order valence-corrected chi connectivity index (χ3v) is 16.7. The van der Waals surface area contributed by atoms with E-state index >= 15 is 0 Å². The Labute approximate surface area is 409 Å². The third kappa shape index (κ3) is 4.91. The van der Waals surface area contributed by atoms with E-state index in [1.807, 2.05) is 0 Å². The number of fused-ring (bicyclic) bond motifs is 18. The van der Waals surface area contributed by atoms with E-state index in [2.05, 4.69) is 267 Å². The van der Waals surface area contributed by atoms with Crippen molar-refractivity contribution in [2.24, 2.45) is 0 Å². The Morgan fingerprint density at radius 3 is 1.20 bits per heavy atom. The molecule has 0 radical (unpaired) electrons. The molecule has 70 heavy (non-hydrogen) atoms. The molecule has 1 nitrogen and oxygen atoms in total. The standard InChI is InChI=1S/C69H47N/c1-67(2)57-32-16-15-31-56(57)65-64(41-44-21-9-10-26-49(44)66(65)67)70(47-37-39-54-52-29-11-17-33-58(52)68(62(54)42-47,45-22-5-3-6-23-45)46-24-7-4-8-25-46)48-38-40-55-53-30-14-20-36-61(53)69(63(55)43-48)59-34-18-12-27-50(59)51-28-13-19-35-60(51)69/h3-43H,1-2H3. The molecule has 328 valence electrons. The van der Waals surface area contributed by atoms with Gasteiger partial charge >= 0.3 is 0 Å². The van der Waals surface area contributed by atoms with Crippen LogP contribution in [0.1, 0.15) is 69.5 Å². The Bertz CT molecular complexity index is 3780. The molecule has 0 heterocycles. The molecule has 0 N–H and O–H groups in total. The summed E-state index contributed by atoms with van der Waals surface area (Å²) in [6, 6.07) is 94.3. The van der Waals surface area contributed by atoms with E-state index in [4.69, 9.17) is 0 Å². The average molecular weight is 890 g/mol. The summed E-state index contributed by atoms with van der Waals surface area (Å²) < 4.78 is 0. The first-order chi connectivity index (χ1) is 34.5. The van der Waals surface area contributed by atoms with E-state index in [1.54, 1.807) is 0 Å². The number of hydrogen-bond acceptors (Lipinski definition) is 1. The molecule has 0 saturated heterocycles. The Kier molecular flexibility index (Phi) is 8.04. The molecule has 11 aromatic rings. The highest BCUT2D eigenvalue weighted by Crippen LogP contribution is 2.65. The minimum atomic E-state index is -0.559. The van der Waals surface area contributed by atoms with Gasteiger partial charge < -0.3 is 4.90 Å². The van der Waals surface area contributed by atoms with Gasteiger partial charge in [-0.2, -0.15) is 0 Å². The zero-order valence-corrected chi connectivity index (χ0v) is 39.1. The minimum Gasteiger partial charge on any atom is -0.310 e. The molecule has 15 rings (SSSR count). The van der Waals surface area contributed by atoms with Crippen molar-refractivity contribution in [3.8, 4) is 44.5 Å². The quantitative estimate of drug-likeness (QED) is 0.166. The first kappa shape index (κ1) is 39.5. The van der Waals surface area contributed by atoms with Crippen molar-refractivity contribution in [2.45, 2.75) is 30.1 Å². The second kappa shape index (κ2) is 14.3. The van der Waals surface area contributed by atoms with Gasteiger partial charge in [-0.05, 0) is 136 Å². The topological polar surface area (TPSA) is 3.24 Å². The van der Waals surface area contributed by atoms with Crippen LogP contribution in [0.15, 0.2) is 249 Å². The van der Waals surface area contributed by atoms with E-state index in [9.17, 15) is 0 Å². The van der Waals surface area contributed by atoms with Crippen LogP contribution in [-0.2, 0) is 16.2 Å². The highest BCUT2D eigenvalue weighted by Gasteiger charge is 2.52. The van der Waals surface area contributed by atoms with Crippen molar-refractivity contribution in [3.05, 3.63) is 304 Å². The second-order valence-corrected chi connectivity index (χ2v) is 20.2. The van der Waals surface area contributed by atoms with Crippen molar-refractivity contribution in [1.29, 1.82) is 0 Å². The van der Waals surface area contributed by atoms with Crippen LogP contribution in [0.2, 0.25) is 0 Å². The van der Waals surface area contributed by atoms with Gasteiger partial charge in [0, 0.05) is 22.4 Å².